The first-order valence-corrected chi connectivity index (χ1v) is 8.70. The van der Waals surface area contributed by atoms with Crippen LogP contribution in [0.2, 0.25) is 5.15 Å². The minimum absolute atomic E-state index is 0.254. The number of aromatic nitrogens is 2. The van der Waals surface area contributed by atoms with Crippen LogP contribution in [0.15, 0.2) is 53.6 Å². The molecule has 0 unspecified atom stereocenters. The molecule has 3 aromatic rings. The second kappa shape index (κ2) is 5.41. The van der Waals surface area contributed by atoms with Crippen molar-refractivity contribution in [1.82, 2.24) is 8.96 Å². The third kappa shape index (κ3) is 2.51. The van der Waals surface area contributed by atoms with Crippen LogP contribution in [0.4, 0.5) is 0 Å². The second-order valence-electron chi connectivity index (χ2n) is 5.38. The van der Waals surface area contributed by atoms with E-state index in [1.165, 1.54) is 10.2 Å². The van der Waals surface area contributed by atoms with Gasteiger partial charge in [0.25, 0.3) is 10.0 Å². The van der Waals surface area contributed by atoms with Gasteiger partial charge in [-0.1, -0.05) is 37.6 Å². The smallest absolute Gasteiger partial charge is 0.240 e. The quantitative estimate of drug-likeness (QED) is 0.679. The van der Waals surface area contributed by atoms with Crippen molar-refractivity contribution in [2.45, 2.75) is 24.7 Å². The van der Waals surface area contributed by atoms with Gasteiger partial charge >= 0.3 is 0 Å². The van der Waals surface area contributed by atoms with Crippen molar-refractivity contribution in [1.29, 1.82) is 0 Å². The van der Waals surface area contributed by atoms with Crippen LogP contribution in [0, 0.1) is 0 Å². The van der Waals surface area contributed by atoms with Gasteiger partial charge in [0.1, 0.15) is 5.15 Å². The molecule has 0 N–H and O–H groups in total. The summed E-state index contributed by atoms with van der Waals surface area (Å²) in [5.41, 5.74) is 2.16. The summed E-state index contributed by atoms with van der Waals surface area (Å²) >= 11 is 5.84. The van der Waals surface area contributed by atoms with Gasteiger partial charge in [-0.2, -0.15) is 0 Å². The van der Waals surface area contributed by atoms with E-state index in [1.54, 1.807) is 30.3 Å². The summed E-state index contributed by atoms with van der Waals surface area (Å²) < 4.78 is 26.8. The highest BCUT2D eigenvalue weighted by atomic mass is 35.5. The Hall–Kier alpha value is -1.85. The number of benzene rings is 1. The van der Waals surface area contributed by atoms with Crippen LogP contribution in [-0.2, 0) is 10.0 Å². The molecule has 114 valence electrons. The fraction of sp³-hybridized carbons (Fsp3) is 0.188. The number of pyridine rings is 1. The van der Waals surface area contributed by atoms with Crippen LogP contribution < -0.4 is 0 Å². The number of hydrogen-bond acceptors (Lipinski definition) is 3. The molecular weight excluding hydrogens is 320 g/mol. The molecule has 22 heavy (non-hydrogen) atoms. The standard InChI is InChI=1S/C16H15ClN2O2S/c1-11(2)12-3-5-13(6-4-12)22(20,21)19-10-9-14-15(19)7-8-16(17)18-14/h3-11H,1-2H3. The maximum absolute atomic E-state index is 12.8. The predicted octanol–water partition coefficient (Wildman–Crippen LogP) is 4.05. The predicted molar refractivity (Wildman–Crippen MR) is 87.9 cm³/mol. The normalized spacial score (nSPS) is 12.2. The molecule has 0 aliphatic heterocycles. The molecule has 1 aromatic carbocycles. The summed E-state index contributed by atoms with van der Waals surface area (Å²) in [4.78, 5) is 4.37. The Morgan fingerprint density at radius 1 is 1.05 bits per heavy atom. The Morgan fingerprint density at radius 3 is 2.36 bits per heavy atom. The Morgan fingerprint density at radius 2 is 1.73 bits per heavy atom. The van der Waals surface area contributed by atoms with E-state index in [4.69, 9.17) is 11.6 Å². The lowest BCUT2D eigenvalue weighted by Gasteiger charge is -2.09. The first-order valence-electron chi connectivity index (χ1n) is 6.89. The molecule has 0 fully saturated rings. The minimum atomic E-state index is -3.64. The highest BCUT2D eigenvalue weighted by Crippen LogP contribution is 2.24. The molecule has 0 atom stereocenters. The average Bonchev–Trinajstić information content (AvgIpc) is 2.91. The van der Waals surface area contributed by atoms with E-state index < -0.39 is 10.0 Å². The average molecular weight is 335 g/mol. The molecule has 2 aromatic heterocycles. The van der Waals surface area contributed by atoms with Gasteiger partial charge in [0.15, 0.2) is 0 Å². The number of hydrogen-bond donors (Lipinski definition) is 0. The zero-order valence-electron chi connectivity index (χ0n) is 12.2. The van der Waals surface area contributed by atoms with E-state index in [0.29, 0.717) is 22.1 Å². The van der Waals surface area contributed by atoms with Gasteiger partial charge in [-0.3, -0.25) is 0 Å². The topological polar surface area (TPSA) is 52.0 Å². The van der Waals surface area contributed by atoms with E-state index in [2.05, 4.69) is 18.8 Å². The fourth-order valence-electron chi connectivity index (χ4n) is 2.32. The summed E-state index contributed by atoms with van der Waals surface area (Å²) in [7, 11) is -3.64. The van der Waals surface area contributed by atoms with Gasteiger partial charge in [-0.25, -0.2) is 17.4 Å². The Labute approximate surface area is 134 Å². The second-order valence-corrected chi connectivity index (χ2v) is 7.58. The summed E-state index contributed by atoms with van der Waals surface area (Å²) in [6.07, 6.45) is 1.50. The zero-order chi connectivity index (χ0) is 15.9. The molecule has 3 rings (SSSR count). The van der Waals surface area contributed by atoms with E-state index in [-0.39, 0.29) is 4.90 Å². The summed E-state index contributed by atoms with van der Waals surface area (Å²) in [6, 6.07) is 11.8. The van der Waals surface area contributed by atoms with Crippen LogP contribution in [0.1, 0.15) is 25.3 Å². The van der Waals surface area contributed by atoms with Crippen molar-refractivity contribution < 1.29 is 8.42 Å². The lowest BCUT2D eigenvalue weighted by atomic mass is 10.0. The molecule has 0 saturated carbocycles. The fourth-order valence-corrected chi connectivity index (χ4v) is 3.81. The van der Waals surface area contributed by atoms with E-state index in [1.807, 2.05) is 12.1 Å². The summed E-state index contributed by atoms with van der Waals surface area (Å²) in [6.45, 7) is 4.14. The Balaban J connectivity index is 2.11. The van der Waals surface area contributed by atoms with Crippen molar-refractivity contribution in [3.8, 4) is 0 Å². The third-order valence-corrected chi connectivity index (χ3v) is 5.49. The molecule has 0 aliphatic carbocycles. The molecule has 0 radical (unpaired) electrons. The molecule has 0 bridgehead atoms. The van der Waals surface area contributed by atoms with Crippen molar-refractivity contribution in [3.05, 3.63) is 59.4 Å². The monoisotopic (exact) mass is 334 g/mol. The van der Waals surface area contributed by atoms with Crippen molar-refractivity contribution in [3.63, 3.8) is 0 Å². The third-order valence-electron chi connectivity index (χ3n) is 3.58. The van der Waals surface area contributed by atoms with Crippen LogP contribution in [-0.4, -0.2) is 17.4 Å². The van der Waals surface area contributed by atoms with E-state index in [0.717, 1.165) is 5.56 Å². The molecular formula is C16H15ClN2O2S. The number of fused-ring (bicyclic) bond motifs is 1. The highest BCUT2D eigenvalue weighted by Gasteiger charge is 2.19. The minimum Gasteiger partial charge on any atom is -0.240 e. The van der Waals surface area contributed by atoms with E-state index >= 15 is 0 Å². The van der Waals surface area contributed by atoms with Crippen molar-refractivity contribution >= 4 is 32.7 Å². The van der Waals surface area contributed by atoms with Crippen LogP contribution in [0.3, 0.4) is 0 Å². The summed E-state index contributed by atoms with van der Waals surface area (Å²) in [5, 5.41) is 0.337. The van der Waals surface area contributed by atoms with Crippen molar-refractivity contribution in [2.24, 2.45) is 0 Å². The molecule has 4 nitrogen and oxygen atoms in total. The van der Waals surface area contributed by atoms with Crippen molar-refractivity contribution in [2.75, 3.05) is 0 Å². The largest absolute Gasteiger partial charge is 0.268 e. The van der Waals surface area contributed by atoms with Gasteiger partial charge < -0.3 is 0 Å². The lowest BCUT2D eigenvalue weighted by molar-refractivity contribution is 0.589. The Kier molecular flexibility index (Phi) is 3.70. The maximum atomic E-state index is 12.8. The van der Waals surface area contributed by atoms with Crippen LogP contribution in [0.25, 0.3) is 11.0 Å². The molecule has 0 spiro atoms. The zero-order valence-corrected chi connectivity index (χ0v) is 13.8. The first-order chi connectivity index (χ1) is 10.4. The van der Waals surface area contributed by atoms with Crippen LogP contribution in [0.5, 0.6) is 0 Å². The lowest BCUT2D eigenvalue weighted by Crippen LogP contribution is -2.11. The molecule has 2 heterocycles. The number of nitrogens with zero attached hydrogens (tertiary/aromatic N) is 2. The molecule has 0 saturated heterocycles. The number of rotatable bonds is 3. The van der Waals surface area contributed by atoms with Gasteiger partial charge in [0.05, 0.1) is 15.9 Å². The molecule has 6 heteroatoms. The van der Waals surface area contributed by atoms with Gasteiger partial charge in [0, 0.05) is 6.20 Å². The summed E-state index contributed by atoms with van der Waals surface area (Å²) in [5.74, 6) is 0.357. The van der Waals surface area contributed by atoms with Gasteiger partial charge in [0.2, 0.25) is 0 Å². The molecule has 0 amide bonds. The van der Waals surface area contributed by atoms with Crippen LogP contribution >= 0.6 is 11.6 Å². The van der Waals surface area contributed by atoms with Gasteiger partial charge in [-0.15, -0.1) is 0 Å². The van der Waals surface area contributed by atoms with Gasteiger partial charge in [-0.05, 0) is 41.8 Å². The Bertz CT molecular complexity index is 928. The van der Waals surface area contributed by atoms with E-state index in [9.17, 15) is 8.42 Å². The maximum Gasteiger partial charge on any atom is 0.268 e. The number of halogens is 1. The molecule has 0 aliphatic rings. The SMILES string of the molecule is CC(C)c1ccc(S(=O)(=O)n2ccc3nc(Cl)ccc32)cc1. The highest BCUT2D eigenvalue weighted by molar-refractivity contribution is 7.90. The first kappa shape index (κ1) is 15.1.